The van der Waals surface area contributed by atoms with Gasteiger partial charge >= 0.3 is 0 Å². The monoisotopic (exact) mass is 197 g/mol. The van der Waals surface area contributed by atoms with Crippen molar-refractivity contribution in [1.29, 1.82) is 0 Å². The van der Waals surface area contributed by atoms with Crippen molar-refractivity contribution in [2.45, 2.75) is 38.4 Å². The van der Waals surface area contributed by atoms with Crippen molar-refractivity contribution in [2.24, 2.45) is 0 Å². The highest BCUT2D eigenvalue weighted by atomic mass is 15.3. The van der Waals surface area contributed by atoms with Crippen LogP contribution in [0.2, 0.25) is 0 Å². The molecule has 0 radical (unpaired) electrons. The van der Waals surface area contributed by atoms with Crippen LogP contribution >= 0.6 is 0 Å². The third-order valence-corrected chi connectivity index (χ3v) is 3.94. The zero-order valence-corrected chi connectivity index (χ0v) is 9.66. The first kappa shape index (κ1) is 10.4. The molecule has 1 N–H and O–H groups in total. The maximum Gasteiger partial charge on any atom is 0.0234 e. The van der Waals surface area contributed by atoms with Crippen molar-refractivity contribution in [3.05, 3.63) is 0 Å². The van der Waals surface area contributed by atoms with Gasteiger partial charge in [-0.2, -0.15) is 0 Å². The SMILES string of the molecule is C[C@H]1CN([C@@H]2CCNC2)C[C@H](C)N1C. The van der Waals surface area contributed by atoms with Gasteiger partial charge < -0.3 is 5.32 Å². The molecule has 2 saturated heterocycles. The summed E-state index contributed by atoms with van der Waals surface area (Å²) in [4.78, 5) is 5.17. The van der Waals surface area contributed by atoms with Crippen LogP contribution in [0.5, 0.6) is 0 Å². The van der Waals surface area contributed by atoms with E-state index in [9.17, 15) is 0 Å². The lowest BCUT2D eigenvalue weighted by atomic mass is 10.1. The first-order valence-corrected chi connectivity index (χ1v) is 5.85. The Kier molecular flexibility index (Phi) is 3.10. The van der Waals surface area contributed by atoms with Crippen molar-refractivity contribution in [1.82, 2.24) is 15.1 Å². The highest BCUT2D eigenvalue weighted by Gasteiger charge is 2.31. The third-order valence-electron chi connectivity index (χ3n) is 3.94. The second-order valence-corrected chi connectivity index (χ2v) is 4.96. The molecule has 3 atom stereocenters. The fraction of sp³-hybridized carbons (Fsp3) is 1.00. The quantitative estimate of drug-likeness (QED) is 0.655. The molecule has 3 heteroatoms. The molecule has 0 amide bonds. The molecule has 2 aliphatic heterocycles. The van der Waals surface area contributed by atoms with Gasteiger partial charge in [0, 0.05) is 37.8 Å². The molecule has 2 rings (SSSR count). The molecule has 0 saturated carbocycles. The Morgan fingerprint density at radius 2 is 1.79 bits per heavy atom. The second-order valence-electron chi connectivity index (χ2n) is 4.96. The molecule has 0 aromatic rings. The number of hydrogen-bond donors (Lipinski definition) is 1. The average molecular weight is 197 g/mol. The van der Waals surface area contributed by atoms with Gasteiger partial charge in [0.2, 0.25) is 0 Å². The Bertz CT molecular complexity index is 177. The van der Waals surface area contributed by atoms with E-state index in [2.05, 4.69) is 36.0 Å². The molecular formula is C11H23N3. The lowest BCUT2D eigenvalue weighted by Gasteiger charge is -2.44. The molecule has 2 aliphatic rings. The maximum absolute atomic E-state index is 3.46. The summed E-state index contributed by atoms with van der Waals surface area (Å²) in [6.45, 7) is 9.57. The van der Waals surface area contributed by atoms with Crippen LogP contribution in [-0.2, 0) is 0 Å². The molecule has 0 bridgehead atoms. The van der Waals surface area contributed by atoms with E-state index in [1.807, 2.05) is 0 Å². The largest absolute Gasteiger partial charge is 0.315 e. The maximum atomic E-state index is 3.46. The predicted octanol–water partition coefficient (Wildman–Crippen LogP) is 0.373. The Morgan fingerprint density at radius 1 is 1.14 bits per heavy atom. The molecule has 0 aromatic heterocycles. The van der Waals surface area contributed by atoms with E-state index >= 15 is 0 Å². The molecule has 2 fully saturated rings. The van der Waals surface area contributed by atoms with Crippen molar-refractivity contribution in [3.63, 3.8) is 0 Å². The van der Waals surface area contributed by atoms with E-state index in [4.69, 9.17) is 0 Å². The topological polar surface area (TPSA) is 18.5 Å². The Balaban J connectivity index is 1.94. The number of rotatable bonds is 1. The molecule has 2 heterocycles. The molecule has 0 aromatic carbocycles. The van der Waals surface area contributed by atoms with Crippen molar-refractivity contribution in [2.75, 3.05) is 33.2 Å². The van der Waals surface area contributed by atoms with Gasteiger partial charge in [-0.15, -0.1) is 0 Å². The lowest BCUT2D eigenvalue weighted by Crippen LogP contribution is -2.57. The molecule has 82 valence electrons. The van der Waals surface area contributed by atoms with Gasteiger partial charge in [-0.1, -0.05) is 0 Å². The van der Waals surface area contributed by atoms with E-state index in [1.54, 1.807) is 0 Å². The van der Waals surface area contributed by atoms with Crippen molar-refractivity contribution in [3.8, 4) is 0 Å². The highest BCUT2D eigenvalue weighted by Crippen LogP contribution is 2.18. The van der Waals surface area contributed by atoms with Gasteiger partial charge in [0.15, 0.2) is 0 Å². The summed E-state index contributed by atoms with van der Waals surface area (Å²) in [5, 5.41) is 3.46. The van der Waals surface area contributed by atoms with Gasteiger partial charge in [0.05, 0.1) is 0 Å². The number of nitrogens with one attached hydrogen (secondary N) is 1. The molecule has 0 spiro atoms. The van der Waals surface area contributed by atoms with E-state index in [1.165, 1.54) is 32.6 Å². The summed E-state index contributed by atoms with van der Waals surface area (Å²) >= 11 is 0. The molecular weight excluding hydrogens is 174 g/mol. The third kappa shape index (κ3) is 1.95. The minimum absolute atomic E-state index is 0.708. The van der Waals surface area contributed by atoms with E-state index in [0.29, 0.717) is 12.1 Å². The fourth-order valence-corrected chi connectivity index (χ4v) is 2.69. The Hall–Kier alpha value is -0.120. The van der Waals surface area contributed by atoms with Gasteiger partial charge in [0.25, 0.3) is 0 Å². The highest BCUT2D eigenvalue weighted by molar-refractivity contribution is 4.89. The normalized spacial score (nSPS) is 41.8. The van der Waals surface area contributed by atoms with Crippen molar-refractivity contribution < 1.29 is 0 Å². The van der Waals surface area contributed by atoms with Crippen LogP contribution in [0, 0.1) is 0 Å². The first-order valence-electron chi connectivity index (χ1n) is 5.85. The van der Waals surface area contributed by atoms with Crippen LogP contribution < -0.4 is 5.32 Å². The summed E-state index contributed by atoms with van der Waals surface area (Å²) in [6, 6.07) is 2.22. The lowest BCUT2D eigenvalue weighted by molar-refractivity contribution is 0.0384. The Morgan fingerprint density at radius 3 is 2.29 bits per heavy atom. The molecule has 0 aliphatic carbocycles. The first-order chi connectivity index (χ1) is 6.68. The molecule has 14 heavy (non-hydrogen) atoms. The minimum Gasteiger partial charge on any atom is -0.315 e. The van der Waals surface area contributed by atoms with Crippen LogP contribution in [0.15, 0.2) is 0 Å². The molecule has 0 unspecified atom stereocenters. The summed E-state index contributed by atoms with van der Waals surface area (Å²) in [5.74, 6) is 0. The van der Waals surface area contributed by atoms with Crippen LogP contribution in [-0.4, -0.2) is 61.2 Å². The van der Waals surface area contributed by atoms with Crippen LogP contribution in [0.4, 0.5) is 0 Å². The van der Waals surface area contributed by atoms with Crippen LogP contribution in [0.1, 0.15) is 20.3 Å². The average Bonchev–Trinajstić information content (AvgIpc) is 2.66. The number of nitrogens with zero attached hydrogens (tertiary/aromatic N) is 2. The van der Waals surface area contributed by atoms with Gasteiger partial charge in [-0.25, -0.2) is 0 Å². The Labute approximate surface area is 87.4 Å². The summed E-state index contributed by atoms with van der Waals surface area (Å²) < 4.78 is 0. The zero-order chi connectivity index (χ0) is 10.1. The summed E-state index contributed by atoms with van der Waals surface area (Å²) in [7, 11) is 2.25. The fourth-order valence-electron chi connectivity index (χ4n) is 2.69. The number of likely N-dealkylation sites (N-methyl/N-ethyl adjacent to an activating group) is 1. The number of piperazine rings is 1. The minimum atomic E-state index is 0.708. The van der Waals surface area contributed by atoms with E-state index in [-0.39, 0.29) is 0 Å². The molecule has 3 nitrogen and oxygen atoms in total. The van der Waals surface area contributed by atoms with Gasteiger partial charge in [0.1, 0.15) is 0 Å². The second kappa shape index (κ2) is 4.17. The predicted molar refractivity (Wildman–Crippen MR) is 59.5 cm³/mol. The van der Waals surface area contributed by atoms with E-state index in [0.717, 1.165) is 6.04 Å². The number of hydrogen-bond acceptors (Lipinski definition) is 3. The van der Waals surface area contributed by atoms with Crippen molar-refractivity contribution >= 4 is 0 Å². The zero-order valence-electron chi connectivity index (χ0n) is 9.66. The van der Waals surface area contributed by atoms with Gasteiger partial charge in [-0.05, 0) is 33.9 Å². The summed E-state index contributed by atoms with van der Waals surface area (Å²) in [5.41, 5.74) is 0. The standard InChI is InChI=1S/C11H23N3/c1-9-7-14(8-10(2)13(9)3)11-4-5-12-6-11/h9-12H,4-8H2,1-3H3/t9-,10-,11+/m0/s1. The van der Waals surface area contributed by atoms with Crippen LogP contribution in [0.3, 0.4) is 0 Å². The smallest absolute Gasteiger partial charge is 0.0234 e. The van der Waals surface area contributed by atoms with Gasteiger partial charge in [-0.3, -0.25) is 9.80 Å². The summed E-state index contributed by atoms with van der Waals surface area (Å²) in [6.07, 6.45) is 1.34. The van der Waals surface area contributed by atoms with Crippen LogP contribution in [0.25, 0.3) is 0 Å². The van der Waals surface area contributed by atoms with E-state index < -0.39 is 0 Å².